The van der Waals surface area contributed by atoms with Crippen molar-refractivity contribution in [2.75, 3.05) is 13.2 Å². The van der Waals surface area contributed by atoms with E-state index in [1.807, 2.05) is 0 Å². The first-order chi connectivity index (χ1) is 6.95. The van der Waals surface area contributed by atoms with Crippen molar-refractivity contribution in [3.63, 3.8) is 0 Å². The van der Waals surface area contributed by atoms with Gasteiger partial charge < -0.3 is 10.1 Å². The molecule has 0 unspecified atom stereocenters. The van der Waals surface area contributed by atoms with Crippen molar-refractivity contribution >= 4 is 18.4 Å². The van der Waals surface area contributed by atoms with Crippen LogP contribution in [-0.4, -0.2) is 31.3 Å². The molecule has 1 rings (SSSR count). The number of carbonyl (C=O) groups excluding carboxylic acids is 1. The zero-order valence-corrected chi connectivity index (χ0v) is 9.66. The molecule has 7 heteroatoms. The van der Waals surface area contributed by atoms with E-state index >= 15 is 0 Å². The molecule has 0 amide bonds. The Balaban J connectivity index is 0.00000225. The van der Waals surface area contributed by atoms with Crippen molar-refractivity contribution in [1.29, 1.82) is 0 Å². The molecule has 0 spiro atoms. The van der Waals surface area contributed by atoms with Gasteiger partial charge in [0.2, 0.25) is 0 Å². The Bertz CT molecular complexity index is 235. The molecule has 0 aromatic heterocycles. The lowest BCUT2D eigenvalue weighted by Gasteiger charge is -2.30. The lowest BCUT2D eigenvalue weighted by molar-refractivity contribution is -0.185. The van der Waals surface area contributed by atoms with Crippen molar-refractivity contribution in [3.05, 3.63) is 0 Å². The topological polar surface area (TPSA) is 38.3 Å². The van der Waals surface area contributed by atoms with Crippen LogP contribution in [0.1, 0.15) is 19.8 Å². The highest BCUT2D eigenvalue weighted by molar-refractivity contribution is 5.85. The summed E-state index contributed by atoms with van der Waals surface area (Å²) in [4.78, 5) is 11.2. The molecule has 1 fully saturated rings. The summed E-state index contributed by atoms with van der Waals surface area (Å²) in [6.45, 7) is 2.02. The van der Waals surface area contributed by atoms with Gasteiger partial charge in [0.05, 0.1) is 12.5 Å². The van der Waals surface area contributed by atoms with E-state index in [-0.39, 0.29) is 38.4 Å². The second kappa shape index (κ2) is 6.30. The first kappa shape index (κ1) is 15.5. The van der Waals surface area contributed by atoms with E-state index in [1.165, 1.54) is 0 Å². The van der Waals surface area contributed by atoms with Crippen LogP contribution in [0.3, 0.4) is 0 Å². The number of esters is 1. The zero-order chi connectivity index (χ0) is 11.5. The Morgan fingerprint density at radius 1 is 1.50 bits per heavy atom. The Morgan fingerprint density at radius 2 is 2.12 bits per heavy atom. The molecule has 2 atom stereocenters. The minimum atomic E-state index is -4.22. The minimum Gasteiger partial charge on any atom is -0.465 e. The van der Waals surface area contributed by atoms with E-state index in [0.717, 1.165) is 0 Å². The van der Waals surface area contributed by atoms with E-state index in [2.05, 4.69) is 10.1 Å². The van der Waals surface area contributed by atoms with Gasteiger partial charge in [-0.1, -0.05) is 0 Å². The van der Waals surface area contributed by atoms with Gasteiger partial charge in [-0.2, -0.15) is 13.2 Å². The monoisotopic (exact) mass is 261 g/mol. The van der Waals surface area contributed by atoms with Gasteiger partial charge in [-0.05, 0) is 26.3 Å². The summed E-state index contributed by atoms with van der Waals surface area (Å²) in [5.41, 5.74) is 0. The molecule has 3 nitrogen and oxygen atoms in total. The molecule has 0 bridgehead atoms. The number of alkyl halides is 3. The molecule has 1 N–H and O–H groups in total. The number of carbonyl (C=O) groups is 1. The molecule has 96 valence electrons. The maximum Gasteiger partial charge on any atom is 0.391 e. The van der Waals surface area contributed by atoms with Crippen LogP contribution in [0.2, 0.25) is 0 Å². The number of nitrogens with one attached hydrogen (secondary N) is 1. The molecule has 1 saturated heterocycles. The Labute approximate surface area is 98.1 Å². The summed E-state index contributed by atoms with van der Waals surface area (Å²) < 4.78 is 41.8. The fourth-order valence-electron chi connectivity index (χ4n) is 1.64. The molecule has 0 aliphatic carbocycles. The number of ether oxygens (including phenoxy) is 1. The Kier molecular flexibility index (Phi) is 6.10. The van der Waals surface area contributed by atoms with E-state index in [4.69, 9.17) is 0 Å². The van der Waals surface area contributed by atoms with Crippen molar-refractivity contribution in [3.8, 4) is 0 Å². The fourth-order valence-corrected chi connectivity index (χ4v) is 1.64. The third-order valence-corrected chi connectivity index (χ3v) is 2.44. The number of piperidine rings is 1. The Morgan fingerprint density at radius 3 is 2.62 bits per heavy atom. The molecule has 0 saturated carbocycles. The van der Waals surface area contributed by atoms with Gasteiger partial charge in [-0.25, -0.2) is 0 Å². The molecule has 1 heterocycles. The first-order valence-corrected chi connectivity index (χ1v) is 4.92. The molecule has 1 aliphatic heterocycles. The van der Waals surface area contributed by atoms with Crippen LogP contribution in [-0.2, 0) is 9.53 Å². The van der Waals surface area contributed by atoms with Gasteiger partial charge in [-0.3, -0.25) is 4.79 Å². The summed E-state index contributed by atoms with van der Waals surface area (Å²) in [7, 11) is 0. The first-order valence-electron chi connectivity index (χ1n) is 4.92. The van der Waals surface area contributed by atoms with Crippen molar-refractivity contribution < 1.29 is 22.7 Å². The largest absolute Gasteiger partial charge is 0.465 e. The summed E-state index contributed by atoms with van der Waals surface area (Å²) in [5, 5.41) is 2.73. The van der Waals surface area contributed by atoms with Crippen LogP contribution in [0.15, 0.2) is 0 Å². The molecular formula is C9H15ClF3NO2. The second-order valence-electron chi connectivity index (χ2n) is 3.52. The van der Waals surface area contributed by atoms with Gasteiger partial charge >= 0.3 is 12.1 Å². The SMILES string of the molecule is CCOC(=O)[C@H]1C[C@H](C(F)(F)F)CCN1.Cl. The van der Waals surface area contributed by atoms with Gasteiger partial charge in [0.15, 0.2) is 0 Å². The highest BCUT2D eigenvalue weighted by atomic mass is 35.5. The van der Waals surface area contributed by atoms with Crippen molar-refractivity contribution in [2.24, 2.45) is 5.92 Å². The van der Waals surface area contributed by atoms with Crippen molar-refractivity contribution in [2.45, 2.75) is 32.0 Å². The average Bonchev–Trinajstić information content (AvgIpc) is 2.17. The average molecular weight is 262 g/mol. The molecule has 0 aromatic rings. The highest BCUT2D eigenvalue weighted by Gasteiger charge is 2.43. The van der Waals surface area contributed by atoms with Crippen LogP contribution in [0, 0.1) is 5.92 Å². The molecule has 1 aliphatic rings. The number of rotatable bonds is 2. The highest BCUT2D eigenvalue weighted by Crippen LogP contribution is 2.34. The second-order valence-corrected chi connectivity index (χ2v) is 3.52. The van der Waals surface area contributed by atoms with Crippen LogP contribution in [0.25, 0.3) is 0 Å². The smallest absolute Gasteiger partial charge is 0.391 e. The molecule has 0 radical (unpaired) electrons. The van der Waals surface area contributed by atoms with Crippen molar-refractivity contribution in [1.82, 2.24) is 5.32 Å². The number of hydrogen-bond acceptors (Lipinski definition) is 3. The van der Waals surface area contributed by atoms with Gasteiger partial charge in [0.25, 0.3) is 0 Å². The van der Waals surface area contributed by atoms with E-state index in [1.54, 1.807) is 6.92 Å². The van der Waals surface area contributed by atoms with E-state index in [9.17, 15) is 18.0 Å². The summed E-state index contributed by atoms with van der Waals surface area (Å²) in [6, 6.07) is -0.815. The normalized spacial score (nSPS) is 25.8. The summed E-state index contributed by atoms with van der Waals surface area (Å²) in [6.07, 6.45) is -4.41. The third kappa shape index (κ3) is 4.17. The maximum atomic E-state index is 12.4. The third-order valence-electron chi connectivity index (χ3n) is 2.44. The Hall–Kier alpha value is -0.490. The van der Waals surface area contributed by atoms with Gasteiger partial charge in [0, 0.05) is 0 Å². The maximum absolute atomic E-state index is 12.4. The van der Waals surface area contributed by atoms with Crippen LogP contribution < -0.4 is 5.32 Å². The van der Waals surface area contributed by atoms with Gasteiger partial charge in [-0.15, -0.1) is 12.4 Å². The summed E-state index contributed by atoms with van der Waals surface area (Å²) >= 11 is 0. The standard InChI is InChI=1S/C9H14F3NO2.ClH/c1-2-15-8(14)7-5-6(3-4-13-7)9(10,11)12;/h6-7,13H,2-5H2,1H3;1H/t6-,7-;/m1./s1. The van der Waals surface area contributed by atoms with Crippen LogP contribution in [0.5, 0.6) is 0 Å². The predicted octanol–water partition coefficient (Wildman–Crippen LogP) is 1.90. The lowest BCUT2D eigenvalue weighted by atomic mass is 9.92. The van der Waals surface area contributed by atoms with E-state index < -0.39 is 24.1 Å². The lowest BCUT2D eigenvalue weighted by Crippen LogP contribution is -2.47. The summed E-state index contributed by atoms with van der Waals surface area (Å²) in [5.74, 6) is -1.99. The zero-order valence-electron chi connectivity index (χ0n) is 8.84. The molecular weight excluding hydrogens is 247 g/mol. The van der Waals surface area contributed by atoms with Crippen LogP contribution in [0.4, 0.5) is 13.2 Å². The predicted molar refractivity (Wildman–Crippen MR) is 54.5 cm³/mol. The van der Waals surface area contributed by atoms with E-state index in [0.29, 0.717) is 0 Å². The number of halogens is 4. The molecule has 16 heavy (non-hydrogen) atoms. The fraction of sp³-hybridized carbons (Fsp3) is 0.889. The minimum absolute atomic E-state index is 0. The molecule has 0 aromatic carbocycles. The quantitative estimate of drug-likeness (QED) is 0.772. The number of hydrogen-bond donors (Lipinski definition) is 1. The van der Waals surface area contributed by atoms with Crippen LogP contribution >= 0.6 is 12.4 Å². The van der Waals surface area contributed by atoms with Gasteiger partial charge in [0.1, 0.15) is 6.04 Å².